The van der Waals surface area contributed by atoms with Crippen molar-refractivity contribution in [2.45, 2.75) is 38.9 Å². The average Bonchev–Trinajstić information content (AvgIpc) is 2.23. The highest BCUT2D eigenvalue weighted by Gasteiger charge is 2.31. The van der Waals surface area contributed by atoms with Crippen molar-refractivity contribution in [3.63, 3.8) is 0 Å². The zero-order valence-corrected chi connectivity index (χ0v) is 12.6. The summed E-state index contributed by atoms with van der Waals surface area (Å²) in [5.41, 5.74) is 4.33. The Morgan fingerprint density at radius 2 is 1.65 bits per heavy atom. The third-order valence-corrected chi connectivity index (χ3v) is 2.95. The molecule has 0 saturated carbocycles. The summed E-state index contributed by atoms with van der Waals surface area (Å²) in [5.74, 6) is -0.509. The summed E-state index contributed by atoms with van der Waals surface area (Å²) in [4.78, 5) is 3.72. The summed E-state index contributed by atoms with van der Waals surface area (Å²) in [6.45, 7) is 6.31. The maximum atomic E-state index is 12.9. The first-order valence-corrected chi connectivity index (χ1v) is 6.11. The first-order chi connectivity index (χ1) is 8.90. The summed E-state index contributed by atoms with van der Waals surface area (Å²) in [5, 5.41) is 18.2. The van der Waals surface area contributed by atoms with Crippen LogP contribution in [0.2, 0.25) is 0 Å². The number of rotatable bonds is 2. The molecule has 0 aliphatic heterocycles. The molecule has 0 aliphatic carbocycles. The van der Waals surface area contributed by atoms with Gasteiger partial charge >= 0.3 is 0 Å². The fourth-order valence-corrected chi connectivity index (χ4v) is 0.907. The monoisotopic (exact) mass is 280 g/mol. The second kappa shape index (κ2) is 6.86. The molecule has 0 bridgehead atoms. The van der Waals surface area contributed by atoms with E-state index >= 15 is 0 Å². The molecule has 1 aromatic rings. The summed E-state index contributed by atoms with van der Waals surface area (Å²) in [6, 6.07) is 2.76. The second-order valence-corrected chi connectivity index (χ2v) is 5.51. The van der Waals surface area contributed by atoms with Gasteiger partial charge in [0.15, 0.2) is 0 Å². The number of hydrogen-bond acceptors (Lipinski definition) is 4. The van der Waals surface area contributed by atoms with Crippen LogP contribution in [0.4, 0.5) is 10.1 Å². The van der Waals surface area contributed by atoms with Gasteiger partial charge in [-0.15, -0.1) is 0 Å². The van der Waals surface area contributed by atoms with E-state index in [-0.39, 0.29) is 5.69 Å². The minimum absolute atomic E-state index is 0.0785. The summed E-state index contributed by atoms with van der Waals surface area (Å²) in [6.07, 6.45) is 1.47. The Balaban J connectivity index is 0.000000396. The summed E-state index contributed by atoms with van der Waals surface area (Å²) >= 11 is 0. The molecule has 1 aromatic carbocycles. The lowest BCUT2D eigenvalue weighted by atomic mass is 9.90. The highest BCUT2D eigenvalue weighted by molar-refractivity contribution is 6.32. The third kappa shape index (κ3) is 5.71. The van der Waals surface area contributed by atoms with Gasteiger partial charge in [0.05, 0.1) is 16.9 Å². The quantitative estimate of drug-likeness (QED) is 0.425. The van der Waals surface area contributed by atoms with E-state index in [1.165, 1.54) is 12.3 Å². The number of anilines is 1. The molecule has 0 fully saturated rings. The number of aliphatic imine (C=N–C) groups is 1. The molecule has 0 aliphatic rings. The number of halogens is 1. The molecular weight excluding hydrogens is 258 g/mol. The van der Waals surface area contributed by atoms with Gasteiger partial charge in [-0.05, 0) is 33.8 Å². The molecule has 0 spiro atoms. The Morgan fingerprint density at radius 1 is 1.20 bits per heavy atom. The lowest BCUT2D eigenvalue weighted by Crippen LogP contribution is -2.44. The Bertz CT molecular complexity index is 465. The third-order valence-electron chi connectivity index (χ3n) is 2.95. The van der Waals surface area contributed by atoms with Crippen LogP contribution in [0.3, 0.4) is 0 Å². The smallest absolute Gasteiger partial charge is 0.146 e. The fraction of sp³-hybridized carbons (Fsp3) is 0.500. The number of aliphatic hydroxyl groups is 2. The molecule has 4 N–H and O–H groups in total. The molecule has 1 rings (SSSR count). The van der Waals surface area contributed by atoms with Crippen LogP contribution in [0.1, 0.15) is 33.3 Å². The molecule has 2 radical (unpaired) electrons. The molecule has 6 heteroatoms. The van der Waals surface area contributed by atoms with Crippen LogP contribution in [0, 0.1) is 5.82 Å². The van der Waals surface area contributed by atoms with Gasteiger partial charge in [0.2, 0.25) is 0 Å². The fourth-order valence-electron chi connectivity index (χ4n) is 0.907. The molecule has 110 valence electrons. The molecule has 0 saturated heterocycles. The van der Waals surface area contributed by atoms with Crippen molar-refractivity contribution in [1.29, 1.82) is 0 Å². The predicted octanol–water partition coefficient (Wildman–Crippen LogP) is 0.779. The minimum atomic E-state index is -1.01. The van der Waals surface area contributed by atoms with Gasteiger partial charge < -0.3 is 15.9 Å². The van der Waals surface area contributed by atoms with Crippen molar-refractivity contribution in [3.8, 4) is 0 Å². The van der Waals surface area contributed by atoms with Crippen LogP contribution in [0.15, 0.2) is 17.1 Å². The van der Waals surface area contributed by atoms with Crippen LogP contribution in [0.25, 0.3) is 0 Å². The first kappa shape index (κ1) is 18.6. The van der Waals surface area contributed by atoms with E-state index < -0.39 is 17.0 Å². The zero-order chi connectivity index (χ0) is 16.1. The van der Waals surface area contributed by atoms with Crippen LogP contribution >= 0.6 is 0 Å². The van der Waals surface area contributed by atoms with Crippen LogP contribution in [-0.4, -0.2) is 42.5 Å². The molecule has 0 amide bonds. The summed E-state index contributed by atoms with van der Waals surface area (Å²) in [7, 11) is 6.99. The van der Waals surface area contributed by atoms with Gasteiger partial charge in [0.25, 0.3) is 0 Å². The van der Waals surface area contributed by atoms with Crippen molar-refractivity contribution in [1.82, 2.24) is 0 Å². The SMILES string of the molecule is CC(C)(O)C(C)(C)O.[B]c1cc(F)c(N)c(C=NC)c1. The maximum absolute atomic E-state index is 12.9. The van der Waals surface area contributed by atoms with Crippen molar-refractivity contribution >= 4 is 25.2 Å². The molecule has 20 heavy (non-hydrogen) atoms. The average molecular weight is 280 g/mol. The Morgan fingerprint density at radius 3 is 2.00 bits per heavy atom. The standard InChI is InChI=1S/C8H8BFN2.C6H14O2/c1-12-4-5-2-6(9)3-7(10)8(5)11;1-5(2,7)6(3,4)8/h2-4H,11H2,1H3;7-8H,1-4H3. The topological polar surface area (TPSA) is 78.8 Å². The summed E-state index contributed by atoms with van der Waals surface area (Å²) < 4.78 is 12.9. The van der Waals surface area contributed by atoms with Gasteiger partial charge in [-0.3, -0.25) is 4.99 Å². The molecule has 0 atom stereocenters. The van der Waals surface area contributed by atoms with E-state index in [4.69, 9.17) is 23.8 Å². The second-order valence-electron chi connectivity index (χ2n) is 5.51. The van der Waals surface area contributed by atoms with Crippen LogP contribution < -0.4 is 11.2 Å². The van der Waals surface area contributed by atoms with E-state index in [0.29, 0.717) is 11.0 Å². The largest absolute Gasteiger partial charge is 0.396 e. The van der Waals surface area contributed by atoms with Gasteiger partial charge in [-0.25, -0.2) is 4.39 Å². The van der Waals surface area contributed by atoms with E-state index in [1.807, 2.05) is 0 Å². The number of nitrogen functional groups attached to an aromatic ring is 1. The number of hydrogen-bond donors (Lipinski definition) is 3. The Hall–Kier alpha value is -1.40. The Labute approximate surface area is 120 Å². The number of benzene rings is 1. The normalized spacial score (nSPS) is 12.2. The van der Waals surface area contributed by atoms with Crippen LogP contribution in [0.5, 0.6) is 0 Å². The highest BCUT2D eigenvalue weighted by Crippen LogP contribution is 2.19. The number of nitrogens with zero attached hydrogens (tertiary/aromatic N) is 1. The van der Waals surface area contributed by atoms with E-state index in [2.05, 4.69) is 4.99 Å². The molecular formula is C14H22BFN2O2. The lowest BCUT2D eigenvalue weighted by molar-refractivity contribution is -0.107. The number of nitrogens with two attached hydrogens (primary N) is 1. The van der Waals surface area contributed by atoms with Gasteiger partial charge in [-0.1, -0.05) is 11.5 Å². The Kier molecular flexibility index (Phi) is 6.38. The maximum Gasteiger partial charge on any atom is 0.146 e. The molecule has 4 nitrogen and oxygen atoms in total. The first-order valence-electron chi connectivity index (χ1n) is 6.11. The van der Waals surface area contributed by atoms with E-state index in [0.717, 1.165) is 0 Å². The van der Waals surface area contributed by atoms with Crippen molar-refractivity contribution in [2.24, 2.45) is 4.99 Å². The zero-order valence-electron chi connectivity index (χ0n) is 12.6. The minimum Gasteiger partial charge on any atom is -0.396 e. The molecule has 0 aromatic heterocycles. The lowest BCUT2D eigenvalue weighted by Gasteiger charge is -2.31. The van der Waals surface area contributed by atoms with Gasteiger partial charge in [0, 0.05) is 18.8 Å². The van der Waals surface area contributed by atoms with E-state index in [9.17, 15) is 4.39 Å². The van der Waals surface area contributed by atoms with Gasteiger partial charge in [0.1, 0.15) is 13.7 Å². The van der Waals surface area contributed by atoms with Crippen molar-refractivity contribution in [3.05, 3.63) is 23.5 Å². The van der Waals surface area contributed by atoms with E-state index in [1.54, 1.807) is 40.8 Å². The molecule has 0 unspecified atom stereocenters. The van der Waals surface area contributed by atoms with Crippen molar-refractivity contribution in [2.75, 3.05) is 12.8 Å². The highest BCUT2D eigenvalue weighted by atomic mass is 19.1. The predicted molar refractivity (Wildman–Crippen MR) is 82.3 cm³/mol. The van der Waals surface area contributed by atoms with Gasteiger partial charge in [-0.2, -0.15) is 0 Å². The molecule has 0 heterocycles. The van der Waals surface area contributed by atoms with Crippen LogP contribution in [-0.2, 0) is 0 Å². The van der Waals surface area contributed by atoms with Crippen molar-refractivity contribution < 1.29 is 14.6 Å².